The Labute approximate surface area is 130 Å². The first kappa shape index (κ1) is 14.0. The van der Waals surface area contributed by atoms with Crippen LogP contribution in [-0.4, -0.2) is 27.4 Å². The quantitative estimate of drug-likeness (QED) is 0.611. The van der Waals surface area contributed by atoms with Gasteiger partial charge in [0.1, 0.15) is 10.1 Å². The van der Waals surface area contributed by atoms with Gasteiger partial charge in [0.05, 0.1) is 7.11 Å². The average molecular weight is 331 g/mol. The number of ether oxygens (including phenoxy) is 1. The van der Waals surface area contributed by atoms with Gasteiger partial charge in [0.15, 0.2) is 0 Å². The maximum Gasteiger partial charge on any atom is 0.276 e. The molecule has 1 atom stereocenters. The van der Waals surface area contributed by atoms with Crippen LogP contribution in [0, 0.1) is 5.92 Å². The Morgan fingerprint density at radius 3 is 2.95 bits per heavy atom. The second-order valence-corrected chi connectivity index (χ2v) is 7.09. The fourth-order valence-electron chi connectivity index (χ4n) is 1.76. The summed E-state index contributed by atoms with van der Waals surface area (Å²) >= 11 is 13.4. The molecule has 1 saturated carbocycles. The number of nitrogens with zero attached hydrogens (tertiary/aromatic N) is 2. The van der Waals surface area contributed by atoms with E-state index in [1.54, 1.807) is 7.11 Å². The lowest BCUT2D eigenvalue weighted by molar-refractivity contribution is 0.414. The first-order valence-electron chi connectivity index (χ1n) is 6.07. The third-order valence-electron chi connectivity index (χ3n) is 3.09. The Morgan fingerprint density at radius 1 is 1.45 bits per heavy atom. The van der Waals surface area contributed by atoms with Crippen LogP contribution >= 0.6 is 35.0 Å². The van der Waals surface area contributed by atoms with Crippen LogP contribution in [0.1, 0.15) is 6.42 Å². The molecule has 20 heavy (non-hydrogen) atoms. The summed E-state index contributed by atoms with van der Waals surface area (Å²) in [5.41, 5.74) is 0.833. The van der Waals surface area contributed by atoms with Crippen LogP contribution in [0.5, 0.6) is 5.75 Å². The number of methoxy groups -OCH3 is 1. The molecule has 106 valence electrons. The van der Waals surface area contributed by atoms with Crippen LogP contribution in [0.2, 0.25) is 0 Å². The van der Waals surface area contributed by atoms with Crippen LogP contribution in [0.15, 0.2) is 33.9 Å². The maximum atomic E-state index is 5.98. The summed E-state index contributed by atoms with van der Waals surface area (Å²) in [6, 6.07) is 7.49. The molecule has 0 aliphatic heterocycles. The number of halogens is 2. The van der Waals surface area contributed by atoms with Crippen molar-refractivity contribution in [2.24, 2.45) is 5.92 Å². The van der Waals surface area contributed by atoms with Gasteiger partial charge in [-0.15, -0.1) is 33.4 Å². The van der Waals surface area contributed by atoms with Gasteiger partial charge in [-0.1, -0.05) is 17.8 Å². The van der Waals surface area contributed by atoms with Crippen LogP contribution in [0.3, 0.4) is 0 Å². The minimum absolute atomic E-state index is 0.294. The van der Waals surface area contributed by atoms with Gasteiger partial charge in [-0.25, -0.2) is 0 Å². The average Bonchev–Trinajstić information content (AvgIpc) is 2.88. The summed E-state index contributed by atoms with van der Waals surface area (Å²) < 4.78 is 10.2. The van der Waals surface area contributed by atoms with Gasteiger partial charge in [0, 0.05) is 17.2 Å². The molecule has 0 amide bonds. The third-order valence-corrected chi connectivity index (χ3v) is 4.99. The molecule has 0 N–H and O–H groups in total. The Bertz CT molecular complexity index is 618. The minimum Gasteiger partial charge on any atom is -0.497 e. The van der Waals surface area contributed by atoms with Crippen molar-refractivity contribution in [3.05, 3.63) is 24.3 Å². The summed E-state index contributed by atoms with van der Waals surface area (Å²) in [7, 11) is 1.62. The molecule has 1 aliphatic rings. The van der Waals surface area contributed by atoms with E-state index in [9.17, 15) is 0 Å². The number of thioether (sulfide) groups is 1. The molecule has 1 aromatic carbocycles. The standard InChI is InChI=1S/C13H12Cl2N2O2S/c1-18-10-4-2-3-8(5-10)11-16-17-12(19-11)20-7-9-6-13(9,14)15/h2-5,9H,6-7H2,1H3. The van der Waals surface area contributed by atoms with E-state index in [1.807, 2.05) is 24.3 Å². The Balaban J connectivity index is 1.67. The molecule has 2 aromatic rings. The molecule has 1 heterocycles. The van der Waals surface area contributed by atoms with E-state index in [2.05, 4.69) is 10.2 Å². The molecule has 1 aromatic heterocycles. The normalized spacial score (nSPS) is 19.9. The van der Waals surface area contributed by atoms with Crippen molar-refractivity contribution in [2.45, 2.75) is 16.0 Å². The van der Waals surface area contributed by atoms with Crippen molar-refractivity contribution >= 4 is 35.0 Å². The maximum absolute atomic E-state index is 5.98. The molecule has 0 bridgehead atoms. The highest BCUT2D eigenvalue weighted by atomic mass is 35.5. The highest BCUT2D eigenvalue weighted by Crippen LogP contribution is 2.54. The number of benzene rings is 1. The van der Waals surface area contributed by atoms with E-state index in [-0.39, 0.29) is 0 Å². The fourth-order valence-corrected chi connectivity index (χ4v) is 3.46. The highest BCUT2D eigenvalue weighted by Gasteiger charge is 2.51. The van der Waals surface area contributed by atoms with E-state index in [4.69, 9.17) is 32.4 Å². The zero-order chi connectivity index (χ0) is 14.2. The number of aromatic nitrogens is 2. The van der Waals surface area contributed by atoms with Crippen LogP contribution in [-0.2, 0) is 0 Å². The molecular formula is C13H12Cl2N2O2S. The van der Waals surface area contributed by atoms with Gasteiger partial charge < -0.3 is 9.15 Å². The van der Waals surface area contributed by atoms with Crippen molar-refractivity contribution in [1.82, 2.24) is 10.2 Å². The second kappa shape index (κ2) is 5.47. The third kappa shape index (κ3) is 3.05. The molecular weight excluding hydrogens is 319 g/mol. The first-order chi connectivity index (χ1) is 9.58. The van der Waals surface area contributed by atoms with Crippen molar-refractivity contribution in [1.29, 1.82) is 0 Å². The Morgan fingerprint density at radius 2 is 2.25 bits per heavy atom. The van der Waals surface area contributed by atoms with Gasteiger partial charge >= 0.3 is 0 Å². The van der Waals surface area contributed by atoms with Crippen LogP contribution < -0.4 is 4.74 Å². The van der Waals surface area contributed by atoms with Gasteiger partial charge in [-0.2, -0.15) is 0 Å². The van der Waals surface area contributed by atoms with E-state index in [0.29, 0.717) is 17.0 Å². The Kier molecular flexibility index (Phi) is 3.84. The minimum atomic E-state index is -0.567. The van der Waals surface area contributed by atoms with E-state index in [0.717, 1.165) is 23.5 Å². The lowest BCUT2D eigenvalue weighted by atomic mass is 10.2. The van der Waals surface area contributed by atoms with E-state index < -0.39 is 4.33 Å². The highest BCUT2D eigenvalue weighted by molar-refractivity contribution is 7.99. The Hall–Kier alpha value is -0.910. The molecule has 3 rings (SSSR count). The SMILES string of the molecule is COc1cccc(-c2nnc(SCC3CC3(Cl)Cl)o2)c1. The number of hydrogen-bond acceptors (Lipinski definition) is 5. The van der Waals surface area contributed by atoms with Crippen LogP contribution in [0.4, 0.5) is 0 Å². The monoisotopic (exact) mass is 330 g/mol. The van der Waals surface area contributed by atoms with E-state index >= 15 is 0 Å². The van der Waals surface area contributed by atoms with Crippen molar-refractivity contribution in [3.8, 4) is 17.2 Å². The van der Waals surface area contributed by atoms with Gasteiger partial charge in [-0.3, -0.25) is 0 Å². The van der Waals surface area contributed by atoms with Crippen LogP contribution in [0.25, 0.3) is 11.5 Å². The second-order valence-electron chi connectivity index (χ2n) is 4.58. The first-order valence-corrected chi connectivity index (χ1v) is 7.81. The van der Waals surface area contributed by atoms with Gasteiger partial charge in [-0.05, 0) is 24.6 Å². The number of alkyl halides is 2. The number of rotatable bonds is 5. The molecule has 0 spiro atoms. The molecule has 0 saturated heterocycles. The largest absolute Gasteiger partial charge is 0.497 e. The zero-order valence-corrected chi connectivity index (χ0v) is 13.0. The molecule has 1 aliphatic carbocycles. The van der Waals surface area contributed by atoms with Crippen molar-refractivity contribution < 1.29 is 9.15 Å². The van der Waals surface area contributed by atoms with Gasteiger partial charge in [0.2, 0.25) is 5.89 Å². The summed E-state index contributed by atoms with van der Waals surface area (Å²) in [5, 5.41) is 8.58. The van der Waals surface area contributed by atoms with E-state index in [1.165, 1.54) is 11.8 Å². The smallest absolute Gasteiger partial charge is 0.276 e. The summed E-state index contributed by atoms with van der Waals surface area (Å²) in [4.78, 5) is 0. The lowest BCUT2D eigenvalue weighted by Gasteiger charge is -2.00. The summed E-state index contributed by atoms with van der Waals surface area (Å²) in [5.74, 6) is 2.31. The molecule has 1 unspecified atom stereocenters. The fraction of sp³-hybridized carbons (Fsp3) is 0.385. The van der Waals surface area contributed by atoms with Crippen molar-refractivity contribution in [2.75, 3.05) is 12.9 Å². The molecule has 4 nitrogen and oxygen atoms in total. The predicted molar refractivity (Wildman–Crippen MR) is 79.6 cm³/mol. The van der Waals surface area contributed by atoms with Gasteiger partial charge in [0.25, 0.3) is 5.22 Å². The topological polar surface area (TPSA) is 48.2 Å². The lowest BCUT2D eigenvalue weighted by Crippen LogP contribution is -1.92. The number of hydrogen-bond donors (Lipinski definition) is 0. The molecule has 7 heteroatoms. The predicted octanol–water partition coefficient (Wildman–Crippen LogP) is 4.03. The van der Waals surface area contributed by atoms with Crippen molar-refractivity contribution in [3.63, 3.8) is 0 Å². The molecule has 0 radical (unpaired) electrons. The summed E-state index contributed by atoms with van der Waals surface area (Å²) in [6.07, 6.45) is 0.819. The molecule has 1 fully saturated rings. The summed E-state index contributed by atoms with van der Waals surface area (Å²) in [6.45, 7) is 0. The zero-order valence-electron chi connectivity index (χ0n) is 10.7.